The van der Waals surface area contributed by atoms with Gasteiger partial charge in [-0.15, -0.1) is 0 Å². The van der Waals surface area contributed by atoms with Crippen LogP contribution in [0.1, 0.15) is 35.8 Å². The van der Waals surface area contributed by atoms with E-state index in [1.54, 1.807) is 6.07 Å². The maximum absolute atomic E-state index is 14.0. The summed E-state index contributed by atoms with van der Waals surface area (Å²) in [6, 6.07) is 5.84. The molecule has 6 heteroatoms. The van der Waals surface area contributed by atoms with Crippen LogP contribution < -0.4 is 5.69 Å². The van der Waals surface area contributed by atoms with E-state index in [0.29, 0.717) is 5.69 Å². The van der Waals surface area contributed by atoms with Crippen molar-refractivity contribution in [3.63, 3.8) is 0 Å². The van der Waals surface area contributed by atoms with Gasteiger partial charge in [-0.05, 0) is 18.1 Å². The van der Waals surface area contributed by atoms with Crippen molar-refractivity contribution in [1.82, 2.24) is 9.97 Å². The molecule has 0 aliphatic carbocycles. The first-order valence-corrected chi connectivity index (χ1v) is 6.43. The molecule has 1 aromatic heterocycles. The van der Waals surface area contributed by atoms with Gasteiger partial charge in [0.2, 0.25) is 0 Å². The van der Waals surface area contributed by atoms with E-state index >= 15 is 0 Å². The normalized spacial score (nSPS) is 10.7. The molecule has 0 amide bonds. The van der Waals surface area contributed by atoms with Crippen molar-refractivity contribution < 1.29 is 13.9 Å². The van der Waals surface area contributed by atoms with E-state index in [0.717, 1.165) is 0 Å². The minimum atomic E-state index is -0.666. The van der Waals surface area contributed by atoms with Crippen LogP contribution in [0, 0.1) is 5.82 Å². The van der Waals surface area contributed by atoms with E-state index in [2.05, 4.69) is 9.97 Å². The highest BCUT2D eigenvalue weighted by molar-refractivity contribution is 5.97. The Morgan fingerprint density at radius 1 is 1.33 bits per heavy atom. The third-order valence-corrected chi connectivity index (χ3v) is 3.06. The molecule has 0 atom stereocenters. The van der Waals surface area contributed by atoms with Gasteiger partial charge in [0.15, 0.2) is 0 Å². The number of nitrogens with zero attached hydrogens (tertiary/aromatic N) is 1. The smallest absolute Gasteiger partial charge is 0.345 e. The molecule has 5 nitrogen and oxygen atoms in total. The van der Waals surface area contributed by atoms with Crippen molar-refractivity contribution in [3.05, 3.63) is 51.8 Å². The van der Waals surface area contributed by atoms with E-state index in [-0.39, 0.29) is 22.7 Å². The number of ether oxygens (including phenoxy) is 1. The molecule has 0 radical (unpaired) electrons. The number of halogens is 1. The van der Waals surface area contributed by atoms with Crippen LogP contribution in [0.25, 0.3) is 11.3 Å². The van der Waals surface area contributed by atoms with E-state index in [9.17, 15) is 14.0 Å². The molecule has 0 fully saturated rings. The second-order valence-corrected chi connectivity index (χ2v) is 4.81. The summed E-state index contributed by atoms with van der Waals surface area (Å²) < 4.78 is 18.7. The van der Waals surface area contributed by atoms with Gasteiger partial charge in [0.1, 0.15) is 11.4 Å². The van der Waals surface area contributed by atoms with Crippen LogP contribution in [-0.2, 0) is 4.74 Å². The number of hydrogen-bond donors (Lipinski definition) is 1. The van der Waals surface area contributed by atoms with Crippen molar-refractivity contribution in [2.45, 2.75) is 19.8 Å². The summed E-state index contributed by atoms with van der Waals surface area (Å²) in [6.45, 7) is 3.62. The summed E-state index contributed by atoms with van der Waals surface area (Å²) >= 11 is 0. The maximum atomic E-state index is 14.0. The van der Waals surface area contributed by atoms with Crippen molar-refractivity contribution in [3.8, 4) is 11.3 Å². The number of carbonyl (C=O) groups excluding carboxylic acids is 1. The van der Waals surface area contributed by atoms with Gasteiger partial charge in [-0.25, -0.2) is 14.0 Å². The minimum absolute atomic E-state index is 0.00704. The number of nitrogens with one attached hydrogen (secondary N) is 1. The van der Waals surface area contributed by atoms with Gasteiger partial charge in [-0.1, -0.05) is 26.0 Å². The molecule has 0 saturated heterocycles. The average molecular weight is 290 g/mol. The highest BCUT2D eigenvalue weighted by Gasteiger charge is 2.24. The van der Waals surface area contributed by atoms with Gasteiger partial charge in [0.05, 0.1) is 12.8 Å². The fourth-order valence-electron chi connectivity index (χ4n) is 2.08. The molecule has 1 N–H and O–H groups in total. The number of benzene rings is 1. The summed E-state index contributed by atoms with van der Waals surface area (Å²) in [7, 11) is 1.22. The lowest BCUT2D eigenvalue weighted by Gasteiger charge is -2.14. The van der Waals surface area contributed by atoms with Crippen LogP contribution in [0.4, 0.5) is 4.39 Å². The first kappa shape index (κ1) is 14.9. The Morgan fingerprint density at radius 2 is 2.00 bits per heavy atom. The van der Waals surface area contributed by atoms with Gasteiger partial charge in [0, 0.05) is 11.3 Å². The number of carbonyl (C=O) groups is 1. The molecule has 2 rings (SSSR count). The number of aromatic nitrogens is 2. The molecule has 0 aliphatic rings. The Balaban J connectivity index is 2.85. The second kappa shape index (κ2) is 5.87. The van der Waals surface area contributed by atoms with Crippen LogP contribution in [-0.4, -0.2) is 23.0 Å². The average Bonchev–Trinajstić information content (AvgIpc) is 2.46. The summed E-state index contributed by atoms with van der Waals surface area (Å²) in [5.41, 5.74) is -0.0970. The Labute approximate surface area is 120 Å². The highest BCUT2D eigenvalue weighted by Crippen LogP contribution is 2.28. The largest absolute Gasteiger partial charge is 0.465 e. The zero-order chi connectivity index (χ0) is 15.6. The van der Waals surface area contributed by atoms with Crippen LogP contribution in [0.5, 0.6) is 0 Å². The summed E-state index contributed by atoms with van der Waals surface area (Å²) in [5, 5.41) is 0. The van der Waals surface area contributed by atoms with E-state index in [1.807, 2.05) is 13.8 Å². The first-order chi connectivity index (χ1) is 9.95. The Bertz CT molecular complexity index is 738. The summed E-state index contributed by atoms with van der Waals surface area (Å²) in [6.07, 6.45) is 0. The minimum Gasteiger partial charge on any atom is -0.465 e. The molecule has 0 aliphatic heterocycles. The number of aromatic amines is 1. The van der Waals surface area contributed by atoms with Crippen LogP contribution in [0.15, 0.2) is 29.1 Å². The molecule has 0 unspecified atom stereocenters. The maximum Gasteiger partial charge on any atom is 0.345 e. The van der Waals surface area contributed by atoms with Gasteiger partial charge >= 0.3 is 11.7 Å². The molecule has 0 bridgehead atoms. The second-order valence-electron chi connectivity index (χ2n) is 4.81. The fourth-order valence-corrected chi connectivity index (χ4v) is 2.08. The van der Waals surface area contributed by atoms with Crippen molar-refractivity contribution >= 4 is 5.97 Å². The van der Waals surface area contributed by atoms with E-state index < -0.39 is 17.5 Å². The molecule has 1 heterocycles. The number of esters is 1. The standard InChI is InChI=1S/C15H15FN2O3/c1-8(2)12-11(14(19)21-3)13(18-15(20)17-12)9-6-4-5-7-10(9)16/h4-8H,1-3H3,(H,17,18,20). The van der Waals surface area contributed by atoms with Gasteiger partial charge in [-0.3, -0.25) is 0 Å². The van der Waals surface area contributed by atoms with Gasteiger partial charge in [0.25, 0.3) is 0 Å². The fraction of sp³-hybridized carbons (Fsp3) is 0.267. The molecule has 0 saturated carbocycles. The quantitative estimate of drug-likeness (QED) is 0.881. The predicted octanol–water partition coefficient (Wildman–Crippen LogP) is 2.49. The van der Waals surface area contributed by atoms with E-state index in [4.69, 9.17) is 4.74 Å². The number of H-pyrrole nitrogens is 1. The Morgan fingerprint density at radius 3 is 2.57 bits per heavy atom. The zero-order valence-electron chi connectivity index (χ0n) is 11.9. The van der Waals surface area contributed by atoms with Crippen LogP contribution in [0.2, 0.25) is 0 Å². The molecule has 2 aromatic rings. The van der Waals surface area contributed by atoms with Crippen molar-refractivity contribution in [1.29, 1.82) is 0 Å². The van der Waals surface area contributed by atoms with Gasteiger partial charge < -0.3 is 9.72 Å². The molecule has 1 aromatic carbocycles. The van der Waals surface area contributed by atoms with Crippen molar-refractivity contribution in [2.24, 2.45) is 0 Å². The SMILES string of the molecule is COC(=O)c1c(-c2ccccc2F)nc(=O)[nH]c1C(C)C. The van der Waals surface area contributed by atoms with Crippen LogP contribution in [0.3, 0.4) is 0 Å². The van der Waals surface area contributed by atoms with Gasteiger partial charge in [-0.2, -0.15) is 4.98 Å². The number of hydrogen-bond acceptors (Lipinski definition) is 4. The lowest BCUT2D eigenvalue weighted by atomic mass is 9.98. The molecular formula is C15H15FN2O3. The third-order valence-electron chi connectivity index (χ3n) is 3.06. The van der Waals surface area contributed by atoms with E-state index in [1.165, 1.54) is 25.3 Å². The highest BCUT2D eigenvalue weighted by atomic mass is 19.1. The third kappa shape index (κ3) is 2.84. The first-order valence-electron chi connectivity index (χ1n) is 6.43. The van der Waals surface area contributed by atoms with Crippen molar-refractivity contribution in [2.75, 3.05) is 7.11 Å². The molecular weight excluding hydrogens is 275 g/mol. The summed E-state index contributed by atoms with van der Waals surface area (Å²) in [5.74, 6) is -1.38. The zero-order valence-corrected chi connectivity index (χ0v) is 11.9. The number of rotatable bonds is 3. The molecule has 21 heavy (non-hydrogen) atoms. The lowest BCUT2D eigenvalue weighted by molar-refractivity contribution is 0.0598. The number of methoxy groups -OCH3 is 1. The Kier molecular flexibility index (Phi) is 4.16. The van der Waals surface area contributed by atoms with Crippen LogP contribution >= 0.6 is 0 Å². The summed E-state index contributed by atoms with van der Waals surface area (Å²) in [4.78, 5) is 30.1. The molecule has 0 spiro atoms. The molecule has 110 valence electrons. The lowest BCUT2D eigenvalue weighted by Crippen LogP contribution is -2.21. The predicted molar refractivity (Wildman–Crippen MR) is 75.7 cm³/mol. The monoisotopic (exact) mass is 290 g/mol. The Hall–Kier alpha value is -2.50. The topological polar surface area (TPSA) is 72.0 Å².